The van der Waals surface area contributed by atoms with Gasteiger partial charge in [0.05, 0.1) is 12.9 Å². The van der Waals surface area contributed by atoms with Crippen LogP contribution in [0.15, 0.2) is 34.9 Å². The highest BCUT2D eigenvalue weighted by Crippen LogP contribution is 2.18. The van der Waals surface area contributed by atoms with E-state index in [9.17, 15) is 9.59 Å². The number of amides is 1. The average Bonchev–Trinajstić information content (AvgIpc) is 2.85. The number of ether oxygens (including phenoxy) is 1. The molecule has 5 nitrogen and oxygen atoms in total. The second kappa shape index (κ2) is 6.23. The summed E-state index contributed by atoms with van der Waals surface area (Å²) in [6, 6.07) is 6.85. The first-order chi connectivity index (χ1) is 9.60. The van der Waals surface area contributed by atoms with Crippen molar-refractivity contribution in [2.24, 2.45) is 0 Å². The molecule has 1 aromatic carbocycles. The van der Waals surface area contributed by atoms with Gasteiger partial charge in [-0.1, -0.05) is 6.07 Å². The lowest BCUT2D eigenvalue weighted by Crippen LogP contribution is -2.42. The topological polar surface area (TPSA) is 68.5 Å². The Hall–Kier alpha value is -2.30. The fraction of sp³-hybridized carbons (Fsp3) is 0.333. The summed E-state index contributed by atoms with van der Waals surface area (Å²) in [7, 11) is 0. The van der Waals surface area contributed by atoms with E-state index in [-0.39, 0.29) is 12.5 Å². The fourth-order valence-corrected chi connectivity index (χ4v) is 2.06. The standard InChI is InChI=1S/C15H17NO4/c1-3-19-15(18)13(16-10(2)17)9-11-4-5-14-12(8-11)6-7-20-14/h4-8,13H,3,9H2,1-2H3,(H,16,17). The van der Waals surface area contributed by atoms with Crippen LogP contribution in [-0.2, 0) is 20.7 Å². The molecule has 106 valence electrons. The molecule has 1 heterocycles. The van der Waals surface area contributed by atoms with Gasteiger partial charge in [0, 0.05) is 18.7 Å². The molecule has 0 aliphatic rings. The maximum absolute atomic E-state index is 11.8. The van der Waals surface area contributed by atoms with Gasteiger partial charge < -0.3 is 14.5 Å². The first kappa shape index (κ1) is 14.1. The van der Waals surface area contributed by atoms with Crippen molar-refractivity contribution >= 4 is 22.8 Å². The third-order valence-corrected chi connectivity index (χ3v) is 2.91. The number of benzene rings is 1. The minimum atomic E-state index is -0.670. The van der Waals surface area contributed by atoms with Crippen molar-refractivity contribution in [1.29, 1.82) is 0 Å². The average molecular weight is 275 g/mol. The van der Waals surface area contributed by atoms with E-state index in [4.69, 9.17) is 9.15 Å². The molecule has 2 rings (SSSR count). The number of carbonyl (C=O) groups excluding carboxylic acids is 2. The number of hydrogen-bond acceptors (Lipinski definition) is 4. The predicted octanol–water partition coefficient (Wildman–Crippen LogP) is 2.04. The first-order valence-electron chi connectivity index (χ1n) is 6.50. The normalized spacial score (nSPS) is 12.1. The minimum absolute atomic E-state index is 0.257. The van der Waals surface area contributed by atoms with Crippen LogP contribution in [0, 0.1) is 0 Å². The zero-order chi connectivity index (χ0) is 14.5. The van der Waals surface area contributed by atoms with Gasteiger partial charge in [0.2, 0.25) is 5.91 Å². The second-order valence-electron chi connectivity index (χ2n) is 4.50. The maximum atomic E-state index is 11.8. The summed E-state index contributed by atoms with van der Waals surface area (Å²) in [6.07, 6.45) is 2.00. The number of furan rings is 1. The third-order valence-electron chi connectivity index (χ3n) is 2.91. The molecule has 0 aliphatic heterocycles. The highest BCUT2D eigenvalue weighted by molar-refractivity contribution is 5.84. The Morgan fingerprint density at radius 3 is 2.85 bits per heavy atom. The molecular formula is C15H17NO4. The Morgan fingerprint density at radius 1 is 1.35 bits per heavy atom. The Bertz CT molecular complexity index is 617. The van der Waals surface area contributed by atoms with Crippen molar-refractivity contribution in [3.8, 4) is 0 Å². The molecule has 0 spiro atoms. The largest absolute Gasteiger partial charge is 0.464 e. The van der Waals surface area contributed by atoms with Crippen molar-refractivity contribution in [2.45, 2.75) is 26.3 Å². The van der Waals surface area contributed by atoms with E-state index in [0.717, 1.165) is 16.5 Å². The van der Waals surface area contributed by atoms with E-state index in [0.29, 0.717) is 6.42 Å². The van der Waals surface area contributed by atoms with Crippen LogP contribution in [0.1, 0.15) is 19.4 Å². The van der Waals surface area contributed by atoms with Crippen LogP contribution in [0.2, 0.25) is 0 Å². The number of carbonyl (C=O) groups is 2. The van der Waals surface area contributed by atoms with Gasteiger partial charge in [-0.05, 0) is 30.7 Å². The van der Waals surface area contributed by atoms with Crippen molar-refractivity contribution in [2.75, 3.05) is 6.61 Å². The van der Waals surface area contributed by atoms with Gasteiger partial charge in [-0.3, -0.25) is 4.79 Å². The van der Waals surface area contributed by atoms with Gasteiger partial charge in [0.1, 0.15) is 11.6 Å². The van der Waals surface area contributed by atoms with Crippen molar-refractivity contribution in [3.05, 3.63) is 36.1 Å². The number of esters is 1. The predicted molar refractivity (Wildman–Crippen MR) is 74.2 cm³/mol. The number of hydrogen-bond donors (Lipinski definition) is 1. The first-order valence-corrected chi connectivity index (χ1v) is 6.50. The molecule has 5 heteroatoms. The van der Waals surface area contributed by atoms with Crippen molar-refractivity contribution < 1.29 is 18.7 Å². The Labute approximate surface area is 116 Å². The van der Waals surface area contributed by atoms with Gasteiger partial charge in [-0.2, -0.15) is 0 Å². The van der Waals surface area contributed by atoms with Crippen LogP contribution in [0.5, 0.6) is 0 Å². The number of fused-ring (bicyclic) bond motifs is 1. The molecule has 1 aromatic heterocycles. The summed E-state index contributed by atoms with van der Waals surface area (Å²) < 4.78 is 10.2. The van der Waals surface area contributed by atoms with Gasteiger partial charge >= 0.3 is 5.97 Å². The monoisotopic (exact) mass is 275 g/mol. The van der Waals surface area contributed by atoms with Crippen molar-refractivity contribution in [1.82, 2.24) is 5.32 Å². The SMILES string of the molecule is CCOC(=O)C(Cc1ccc2occc2c1)NC(C)=O. The molecule has 0 saturated heterocycles. The lowest BCUT2D eigenvalue weighted by atomic mass is 10.0. The molecule has 0 aliphatic carbocycles. The fourth-order valence-electron chi connectivity index (χ4n) is 2.06. The third kappa shape index (κ3) is 3.38. The summed E-state index contributed by atoms with van der Waals surface area (Å²) in [5, 5.41) is 3.58. The lowest BCUT2D eigenvalue weighted by Gasteiger charge is -2.16. The van der Waals surface area contributed by atoms with Crippen LogP contribution in [0.3, 0.4) is 0 Å². The molecule has 1 N–H and O–H groups in total. The zero-order valence-electron chi connectivity index (χ0n) is 11.5. The highest BCUT2D eigenvalue weighted by Gasteiger charge is 2.21. The Balaban J connectivity index is 2.16. The summed E-state index contributed by atoms with van der Waals surface area (Å²) in [6.45, 7) is 3.40. The summed E-state index contributed by atoms with van der Waals surface area (Å²) >= 11 is 0. The van der Waals surface area contributed by atoms with Crippen LogP contribution >= 0.6 is 0 Å². The van der Waals surface area contributed by atoms with Gasteiger partial charge in [-0.15, -0.1) is 0 Å². The summed E-state index contributed by atoms with van der Waals surface area (Å²) in [5.74, 6) is -0.678. The molecule has 0 radical (unpaired) electrons. The van der Waals surface area contributed by atoms with E-state index in [2.05, 4.69) is 5.32 Å². The molecule has 20 heavy (non-hydrogen) atoms. The van der Waals surface area contributed by atoms with Crippen LogP contribution < -0.4 is 5.32 Å². The van der Waals surface area contributed by atoms with E-state index in [1.807, 2.05) is 24.3 Å². The smallest absolute Gasteiger partial charge is 0.328 e. The molecule has 0 saturated carbocycles. The maximum Gasteiger partial charge on any atom is 0.328 e. The molecule has 2 aromatic rings. The molecule has 1 atom stereocenters. The van der Waals surface area contributed by atoms with Gasteiger partial charge in [0.15, 0.2) is 0 Å². The van der Waals surface area contributed by atoms with E-state index < -0.39 is 12.0 Å². The molecule has 0 fully saturated rings. The lowest BCUT2D eigenvalue weighted by molar-refractivity contribution is -0.147. The molecular weight excluding hydrogens is 258 g/mol. The number of rotatable bonds is 5. The second-order valence-corrected chi connectivity index (χ2v) is 4.50. The summed E-state index contributed by atoms with van der Waals surface area (Å²) in [4.78, 5) is 23.0. The van der Waals surface area contributed by atoms with E-state index in [1.54, 1.807) is 13.2 Å². The Morgan fingerprint density at radius 2 is 2.15 bits per heavy atom. The molecule has 1 amide bonds. The van der Waals surface area contributed by atoms with Crippen LogP contribution in [-0.4, -0.2) is 24.5 Å². The Kier molecular flexibility index (Phi) is 4.40. The quantitative estimate of drug-likeness (QED) is 0.848. The van der Waals surface area contributed by atoms with Crippen LogP contribution in [0.25, 0.3) is 11.0 Å². The molecule has 1 unspecified atom stereocenters. The molecule has 0 bridgehead atoms. The van der Waals surface area contributed by atoms with Gasteiger partial charge in [-0.25, -0.2) is 4.79 Å². The van der Waals surface area contributed by atoms with E-state index >= 15 is 0 Å². The highest BCUT2D eigenvalue weighted by atomic mass is 16.5. The van der Waals surface area contributed by atoms with Crippen molar-refractivity contribution in [3.63, 3.8) is 0 Å². The van der Waals surface area contributed by atoms with Crippen LogP contribution in [0.4, 0.5) is 0 Å². The number of nitrogens with one attached hydrogen (secondary N) is 1. The minimum Gasteiger partial charge on any atom is -0.464 e. The van der Waals surface area contributed by atoms with Gasteiger partial charge in [0.25, 0.3) is 0 Å². The summed E-state index contributed by atoms with van der Waals surface area (Å²) in [5.41, 5.74) is 1.73. The zero-order valence-corrected chi connectivity index (χ0v) is 11.5. The van der Waals surface area contributed by atoms with E-state index in [1.165, 1.54) is 6.92 Å².